The van der Waals surface area contributed by atoms with Gasteiger partial charge in [0.1, 0.15) is 5.82 Å². The number of carbonyl (C=O) groups is 2. The number of nitro groups is 1. The average Bonchev–Trinajstić information content (AvgIpc) is 2.48. The van der Waals surface area contributed by atoms with E-state index in [0.29, 0.717) is 5.56 Å². The van der Waals surface area contributed by atoms with E-state index in [2.05, 4.69) is 5.32 Å². The molecule has 8 heteroatoms. The second kappa shape index (κ2) is 6.22. The minimum absolute atomic E-state index is 0.0978. The summed E-state index contributed by atoms with van der Waals surface area (Å²) in [6.07, 6.45) is 0. The van der Waals surface area contributed by atoms with Gasteiger partial charge >= 0.3 is 0 Å². The van der Waals surface area contributed by atoms with E-state index < -0.39 is 22.6 Å². The Morgan fingerprint density at radius 1 is 1.22 bits per heavy atom. The molecule has 0 aliphatic heterocycles. The summed E-state index contributed by atoms with van der Waals surface area (Å²) in [4.78, 5) is 33.4. The number of carbonyl (C=O) groups excluding carboxylic acids is 2. The maximum absolute atomic E-state index is 13.4. The van der Waals surface area contributed by atoms with E-state index in [1.807, 2.05) is 0 Å². The molecule has 0 aromatic heterocycles. The average molecular weight is 317 g/mol. The number of benzene rings is 2. The van der Waals surface area contributed by atoms with Crippen LogP contribution in [0.15, 0.2) is 36.4 Å². The van der Waals surface area contributed by atoms with Gasteiger partial charge in [-0.3, -0.25) is 19.7 Å². The number of hydrogen-bond donors (Lipinski definition) is 2. The summed E-state index contributed by atoms with van der Waals surface area (Å²) in [5.74, 6) is -2.29. The predicted octanol–water partition coefficient (Wildman–Crippen LogP) is 2.39. The normalized spacial score (nSPS) is 10.2. The van der Waals surface area contributed by atoms with E-state index in [1.54, 1.807) is 0 Å². The summed E-state index contributed by atoms with van der Waals surface area (Å²) in [5.41, 5.74) is 5.30. The van der Waals surface area contributed by atoms with E-state index >= 15 is 0 Å². The third-order valence-electron chi connectivity index (χ3n) is 3.15. The molecule has 0 bridgehead atoms. The highest BCUT2D eigenvalue weighted by Gasteiger charge is 2.15. The van der Waals surface area contributed by atoms with Gasteiger partial charge in [0.15, 0.2) is 0 Å². The van der Waals surface area contributed by atoms with Crippen LogP contribution in [0.1, 0.15) is 26.3 Å². The fraction of sp³-hybridized carbons (Fsp3) is 0.0667. The second-order valence-electron chi connectivity index (χ2n) is 4.77. The van der Waals surface area contributed by atoms with Crippen LogP contribution in [0, 0.1) is 22.9 Å². The Kier molecular flexibility index (Phi) is 4.35. The van der Waals surface area contributed by atoms with Gasteiger partial charge in [-0.15, -0.1) is 0 Å². The molecule has 23 heavy (non-hydrogen) atoms. The number of halogens is 1. The number of aryl methyl sites for hydroxylation is 1. The van der Waals surface area contributed by atoms with Crippen LogP contribution < -0.4 is 11.1 Å². The Balaban J connectivity index is 2.26. The van der Waals surface area contributed by atoms with Crippen molar-refractivity contribution >= 4 is 23.2 Å². The lowest BCUT2D eigenvalue weighted by atomic mass is 10.1. The van der Waals surface area contributed by atoms with Crippen molar-refractivity contribution in [2.45, 2.75) is 6.92 Å². The van der Waals surface area contributed by atoms with Gasteiger partial charge in [-0.25, -0.2) is 4.39 Å². The Hall–Kier alpha value is -3.29. The van der Waals surface area contributed by atoms with Crippen LogP contribution in [0.5, 0.6) is 0 Å². The van der Waals surface area contributed by atoms with Crippen LogP contribution in [-0.4, -0.2) is 16.7 Å². The molecule has 0 saturated heterocycles. The molecule has 0 aliphatic carbocycles. The molecule has 0 aliphatic rings. The second-order valence-corrected chi connectivity index (χ2v) is 4.77. The van der Waals surface area contributed by atoms with Crippen molar-refractivity contribution in [1.82, 2.24) is 0 Å². The zero-order valence-corrected chi connectivity index (χ0v) is 12.0. The van der Waals surface area contributed by atoms with Gasteiger partial charge in [-0.05, 0) is 37.3 Å². The Labute approximate surface area is 130 Å². The first-order chi connectivity index (χ1) is 10.8. The molecule has 3 N–H and O–H groups in total. The molecular weight excluding hydrogens is 305 g/mol. The van der Waals surface area contributed by atoms with Gasteiger partial charge in [0.05, 0.1) is 10.5 Å². The predicted molar refractivity (Wildman–Crippen MR) is 80.7 cm³/mol. The van der Waals surface area contributed by atoms with Crippen LogP contribution in [0.2, 0.25) is 0 Å². The zero-order valence-electron chi connectivity index (χ0n) is 12.0. The van der Waals surface area contributed by atoms with Crippen molar-refractivity contribution in [3.8, 4) is 0 Å². The molecule has 0 fully saturated rings. The molecule has 0 unspecified atom stereocenters. The molecule has 2 rings (SSSR count). The standard InChI is InChI=1S/C15H12FN3O4/c1-8-6-9(2-5-13(8)19(22)23)15(21)18-10-3-4-12(16)11(7-10)14(17)20/h2-7H,1H3,(H2,17,20)(H,18,21). The van der Waals surface area contributed by atoms with Gasteiger partial charge < -0.3 is 11.1 Å². The van der Waals surface area contributed by atoms with Gasteiger partial charge in [0.2, 0.25) is 0 Å². The zero-order chi connectivity index (χ0) is 17.1. The first kappa shape index (κ1) is 16.1. The van der Waals surface area contributed by atoms with E-state index in [-0.39, 0.29) is 22.5 Å². The Morgan fingerprint density at radius 2 is 1.91 bits per heavy atom. The highest BCUT2D eigenvalue weighted by atomic mass is 19.1. The number of primary amides is 1. The topological polar surface area (TPSA) is 115 Å². The molecule has 0 atom stereocenters. The highest BCUT2D eigenvalue weighted by Crippen LogP contribution is 2.20. The number of nitrogens with zero attached hydrogens (tertiary/aromatic N) is 1. The largest absolute Gasteiger partial charge is 0.366 e. The Morgan fingerprint density at radius 3 is 2.48 bits per heavy atom. The fourth-order valence-corrected chi connectivity index (χ4v) is 2.00. The minimum Gasteiger partial charge on any atom is -0.366 e. The molecule has 118 valence electrons. The van der Waals surface area contributed by atoms with Crippen LogP contribution in [0.25, 0.3) is 0 Å². The maximum Gasteiger partial charge on any atom is 0.272 e. The third kappa shape index (κ3) is 3.49. The summed E-state index contributed by atoms with van der Waals surface area (Å²) in [6.45, 7) is 1.51. The summed E-state index contributed by atoms with van der Waals surface area (Å²) < 4.78 is 13.4. The number of nitrogens with one attached hydrogen (secondary N) is 1. The Bertz CT molecular complexity index is 820. The number of hydrogen-bond acceptors (Lipinski definition) is 4. The smallest absolute Gasteiger partial charge is 0.272 e. The van der Waals surface area contributed by atoms with Crippen LogP contribution in [0.3, 0.4) is 0 Å². The van der Waals surface area contributed by atoms with E-state index in [0.717, 1.165) is 12.1 Å². The van der Waals surface area contributed by atoms with Crippen molar-refractivity contribution in [2.75, 3.05) is 5.32 Å². The van der Waals surface area contributed by atoms with E-state index in [4.69, 9.17) is 5.73 Å². The SMILES string of the molecule is Cc1cc(C(=O)Nc2ccc(F)c(C(N)=O)c2)ccc1[N+](=O)[O-]. The summed E-state index contributed by atoms with van der Waals surface area (Å²) in [7, 11) is 0. The monoisotopic (exact) mass is 317 g/mol. The lowest BCUT2D eigenvalue weighted by Gasteiger charge is -2.08. The summed E-state index contributed by atoms with van der Waals surface area (Å²) in [5, 5.41) is 13.2. The molecule has 7 nitrogen and oxygen atoms in total. The lowest BCUT2D eigenvalue weighted by Crippen LogP contribution is -2.16. The van der Waals surface area contributed by atoms with Crippen molar-refractivity contribution in [3.63, 3.8) is 0 Å². The molecular formula is C15H12FN3O4. The van der Waals surface area contributed by atoms with Crippen LogP contribution in [0.4, 0.5) is 15.8 Å². The number of anilines is 1. The first-order valence-corrected chi connectivity index (χ1v) is 6.45. The summed E-state index contributed by atoms with van der Waals surface area (Å²) in [6, 6.07) is 7.30. The van der Waals surface area contributed by atoms with Gasteiger partial charge in [-0.2, -0.15) is 0 Å². The first-order valence-electron chi connectivity index (χ1n) is 6.45. The minimum atomic E-state index is -0.954. The molecule has 2 aromatic carbocycles. The van der Waals surface area contributed by atoms with Crippen LogP contribution >= 0.6 is 0 Å². The molecule has 0 heterocycles. The highest BCUT2D eigenvalue weighted by molar-refractivity contribution is 6.05. The maximum atomic E-state index is 13.4. The number of nitro benzene ring substituents is 1. The summed E-state index contributed by atoms with van der Waals surface area (Å²) >= 11 is 0. The van der Waals surface area contributed by atoms with Crippen molar-refractivity contribution in [1.29, 1.82) is 0 Å². The van der Waals surface area contributed by atoms with Gasteiger partial charge in [0.25, 0.3) is 17.5 Å². The van der Waals surface area contributed by atoms with Crippen molar-refractivity contribution < 1.29 is 18.9 Å². The number of amides is 2. The van der Waals surface area contributed by atoms with Crippen molar-refractivity contribution in [2.24, 2.45) is 5.73 Å². The van der Waals surface area contributed by atoms with Gasteiger partial charge in [-0.1, -0.05) is 0 Å². The number of nitrogens with two attached hydrogens (primary N) is 1. The number of rotatable bonds is 4. The quantitative estimate of drug-likeness (QED) is 0.665. The molecule has 2 aromatic rings. The third-order valence-corrected chi connectivity index (χ3v) is 3.15. The molecule has 2 amide bonds. The van der Waals surface area contributed by atoms with Gasteiger partial charge in [0, 0.05) is 22.9 Å². The lowest BCUT2D eigenvalue weighted by molar-refractivity contribution is -0.385. The molecule has 0 saturated carbocycles. The van der Waals surface area contributed by atoms with Crippen molar-refractivity contribution in [3.05, 3.63) is 69.0 Å². The van der Waals surface area contributed by atoms with Crippen LogP contribution in [-0.2, 0) is 0 Å². The molecule has 0 radical (unpaired) electrons. The fourth-order valence-electron chi connectivity index (χ4n) is 2.00. The van der Waals surface area contributed by atoms with E-state index in [1.165, 1.54) is 31.2 Å². The van der Waals surface area contributed by atoms with E-state index in [9.17, 15) is 24.1 Å². The molecule has 0 spiro atoms.